The quantitative estimate of drug-likeness (QED) is 0.875. The number of benzene rings is 1. The van der Waals surface area contributed by atoms with Gasteiger partial charge in [-0.1, -0.05) is 0 Å². The van der Waals surface area contributed by atoms with Crippen molar-refractivity contribution in [3.05, 3.63) is 39.5 Å². The van der Waals surface area contributed by atoms with Gasteiger partial charge in [-0.2, -0.15) is 0 Å². The van der Waals surface area contributed by atoms with E-state index in [-0.39, 0.29) is 11.6 Å². The number of aryl methyl sites for hydroxylation is 2. The van der Waals surface area contributed by atoms with Crippen LogP contribution in [0.3, 0.4) is 0 Å². The Morgan fingerprint density at radius 3 is 2.37 bits per heavy atom. The Morgan fingerprint density at radius 2 is 1.84 bits per heavy atom. The van der Waals surface area contributed by atoms with E-state index in [1.54, 1.807) is 31.4 Å². The van der Waals surface area contributed by atoms with Crippen LogP contribution in [0.5, 0.6) is 0 Å². The van der Waals surface area contributed by atoms with Crippen LogP contribution in [0.1, 0.15) is 16.1 Å². The molecule has 0 radical (unpaired) electrons. The number of nitrogens with zero attached hydrogens (tertiary/aromatic N) is 1. The van der Waals surface area contributed by atoms with Crippen LogP contribution in [-0.4, -0.2) is 19.7 Å². The number of hydrogen-bond acceptors (Lipinski definition) is 4. The molecule has 1 aromatic heterocycles. The summed E-state index contributed by atoms with van der Waals surface area (Å²) in [5, 5.41) is 2.35. The minimum atomic E-state index is -3.08. The number of sulfone groups is 1. The van der Waals surface area contributed by atoms with Crippen LogP contribution in [0.15, 0.2) is 17.5 Å². The van der Waals surface area contributed by atoms with Crippen molar-refractivity contribution in [2.75, 3.05) is 6.26 Å². The second kappa shape index (κ2) is 5.02. The number of aromatic nitrogens is 1. The predicted molar refractivity (Wildman–Crippen MR) is 75.5 cm³/mol. The summed E-state index contributed by atoms with van der Waals surface area (Å²) in [5.74, 6) is -0.271. The van der Waals surface area contributed by atoms with E-state index in [1.807, 2.05) is 0 Å². The van der Waals surface area contributed by atoms with Crippen LogP contribution < -0.4 is 0 Å². The van der Waals surface area contributed by atoms with Crippen molar-refractivity contribution >= 4 is 21.2 Å². The molecule has 0 saturated heterocycles. The lowest BCUT2D eigenvalue weighted by Crippen LogP contribution is -2.00. The summed E-state index contributed by atoms with van der Waals surface area (Å²) in [7, 11) is -3.08. The molecule has 0 aliphatic heterocycles. The van der Waals surface area contributed by atoms with Crippen LogP contribution >= 0.6 is 11.3 Å². The Labute approximate surface area is 116 Å². The molecule has 1 heterocycles. The van der Waals surface area contributed by atoms with E-state index >= 15 is 0 Å². The molecule has 19 heavy (non-hydrogen) atoms. The van der Waals surface area contributed by atoms with E-state index in [4.69, 9.17) is 0 Å². The third-order valence-corrected chi connectivity index (χ3v) is 4.50. The zero-order valence-electron chi connectivity index (χ0n) is 10.9. The summed E-state index contributed by atoms with van der Waals surface area (Å²) < 4.78 is 36.0. The van der Waals surface area contributed by atoms with Gasteiger partial charge in [0.1, 0.15) is 16.6 Å². The highest BCUT2D eigenvalue weighted by atomic mass is 32.2. The van der Waals surface area contributed by atoms with Gasteiger partial charge in [-0.05, 0) is 37.1 Å². The topological polar surface area (TPSA) is 47.0 Å². The number of hydrogen-bond donors (Lipinski definition) is 0. The third-order valence-electron chi connectivity index (χ3n) is 2.67. The molecule has 3 nitrogen and oxygen atoms in total. The van der Waals surface area contributed by atoms with Gasteiger partial charge in [0.15, 0.2) is 9.84 Å². The van der Waals surface area contributed by atoms with E-state index in [2.05, 4.69) is 4.98 Å². The fourth-order valence-corrected chi connectivity index (χ4v) is 3.84. The lowest BCUT2D eigenvalue weighted by atomic mass is 10.0. The Hall–Kier alpha value is -1.27. The van der Waals surface area contributed by atoms with Crippen molar-refractivity contribution in [2.24, 2.45) is 0 Å². The van der Waals surface area contributed by atoms with Gasteiger partial charge in [0, 0.05) is 17.2 Å². The van der Waals surface area contributed by atoms with Crippen molar-refractivity contribution in [1.29, 1.82) is 0 Å². The van der Waals surface area contributed by atoms with Crippen LogP contribution in [0, 0.1) is 19.7 Å². The first-order chi connectivity index (χ1) is 8.76. The molecule has 0 aliphatic rings. The number of thiazole rings is 1. The Kier molecular flexibility index (Phi) is 3.73. The van der Waals surface area contributed by atoms with Gasteiger partial charge in [0.05, 0.1) is 5.69 Å². The van der Waals surface area contributed by atoms with Gasteiger partial charge < -0.3 is 0 Å². The highest BCUT2D eigenvalue weighted by Gasteiger charge is 2.12. The Morgan fingerprint density at radius 1 is 1.26 bits per heavy atom. The molecule has 0 atom stereocenters. The van der Waals surface area contributed by atoms with Gasteiger partial charge in [-0.25, -0.2) is 17.8 Å². The second-order valence-corrected chi connectivity index (χ2v) is 7.70. The first kappa shape index (κ1) is 14.1. The van der Waals surface area contributed by atoms with Crippen LogP contribution in [-0.2, 0) is 15.6 Å². The fraction of sp³-hybridized carbons (Fsp3) is 0.308. The molecule has 0 aliphatic carbocycles. The average Bonchev–Trinajstić information content (AvgIpc) is 2.71. The second-order valence-electron chi connectivity index (χ2n) is 4.62. The highest BCUT2D eigenvalue weighted by Crippen LogP contribution is 2.26. The summed E-state index contributed by atoms with van der Waals surface area (Å²) in [6.07, 6.45) is 1.18. The normalized spacial score (nSPS) is 11.8. The molecule has 0 fully saturated rings. The van der Waals surface area contributed by atoms with E-state index < -0.39 is 9.84 Å². The van der Waals surface area contributed by atoms with Crippen molar-refractivity contribution in [1.82, 2.24) is 4.98 Å². The molecule has 6 heteroatoms. The van der Waals surface area contributed by atoms with Crippen molar-refractivity contribution in [3.63, 3.8) is 0 Å². The molecular formula is C13H14FNO2S2. The molecule has 0 spiro atoms. The van der Waals surface area contributed by atoms with Gasteiger partial charge in [-0.3, -0.25) is 0 Å². The smallest absolute Gasteiger partial charge is 0.153 e. The molecular weight excluding hydrogens is 285 g/mol. The maximum atomic E-state index is 13.6. The summed E-state index contributed by atoms with van der Waals surface area (Å²) in [4.78, 5) is 4.29. The molecule has 0 N–H and O–H groups in total. The fourth-order valence-electron chi connectivity index (χ4n) is 1.83. The summed E-state index contributed by atoms with van der Waals surface area (Å²) in [5.41, 5.74) is 2.63. The largest absolute Gasteiger partial charge is 0.240 e. The first-order valence-electron chi connectivity index (χ1n) is 5.65. The third kappa shape index (κ3) is 3.39. The summed E-state index contributed by atoms with van der Waals surface area (Å²) in [6, 6.07) is 3.45. The van der Waals surface area contributed by atoms with E-state index in [0.29, 0.717) is 21.8 Å². The predicted octanol–water partition coefficient (Wildman–Crippen LogP) is 3.11. The van der Waals surface area contributed by atoms with E-state index in [0.717, 1.165) is 5.56 Å². The minimum absolute atomic E-state index is 0.0587. The molecule has 102 valence electrons. The number of halogens is 1. The monoisotopic (exact) mass is 299 g/mol. The molecule has 0 unspecified atom stereocenters. The van der Waals surface area contributed by atoms with Crippen LogP contribution in [0.4, 0.5) is 4.39 Å². The van der Waals surface area contributed by atoms with Gasteiger partial charge in [0.2, 0.25) is 0 Å². The zero-order valence-corrected chi connectivity index (χ0v) is 12.5. The maximum Gasteiger partial charge on any atom is 0.153 e. The zero-order chi connectivity index (χ0) is 14.2. The molecule has 0 saturated carbocycles. The van der Waals surface area contributed by atoms with Crippen molar-refractivity contribution in [3.8, 4) is 11.3 Å². The number of rotatable bonds is 3. The first-order valence-corrected chi connectivity index (χ1v) is 8.59. The molecule has 0 bridgehead atoms. The summed E-state index contributed by atoms with van der Waals surface area (Å²) in [6.45, 7) is 3.41. The molecule has 0 amide bonds. The minimum Gasteiger partial charge on any atom is -0.240 e. The standard InChI is InChI=1S/C13H14FNO2S2/c1-8-4-10(5-9(2)13(8)14)11-6-18-12(15-11)7-19(3,16)17/h4-6H,7H2,1-3H3. The van der Waals surface area contributed by atoms with Crippen LogP contribution in [0.2, 0.25) is 0 Å². The van der Waals surface area contributed by atoms with E-state index in [1.165, 1.54) is 17.6 Å². The molecule has 2 aromatic rings. The Balaban J connectivity index is 2.38. The van der Waals surface area contributed by atoms with Gasteiger partial charge in [0.25, 0.3) is 0 Å². The van der Waals surface area contributed by atoms with Crippen molar-refractivity contribution in [2.45, 2.75) is 19.6 Å². The highest BCUT2D eigenvalue weighted by molar-refractivity contribution is 7.90. The Bertz CT molecular complexity index is 697. The maximum absolute atomic E-state index is 13.6. The lowest BCUT2D eigenvalue weighted by Gasteiger charge is -2.04. The van der Waals surface area contributed by atoms with E-state index in [9.17, 15) is 12.8 Å². The lowest BCUT2D eigenvalue weighted by molar-refractivity contribution is 0.601. The van der Waals surface area contributed by atoms with Gasteiger partial charge in [-0.15, -0.1) is 11.3 Å². The van der Waals surface area contributed by atoms with Gasteiger partial charge >= 0.3 is 0 Å². The molecule has 1 aromatic carbocycles. The summed E-state index contributed by atoms with van der Waals surface area (Å²) >= 11 is 1.30. The van der Waals surface area contributed by atoms with Crippen molar-refractivity contribution < 1.29 is 12.8 Å². The van der Waals surface area contributed by atoms with Crippen LogP contribution in [0.25, 0.3) is 11.3 Å². The SMILES string of the molecule is Cc1cc(-c2csc(CS(C)(=O)=O)n2)cc(C)c1F. The average molecular weight is 299 g/mol. The molecule has 2 rings (SSSR count).